The number of carbonyl (C=O) groups is 2. The Morgan fingerprint density at radius 1 is 0.781 bits per heavy atom. The molecule has 0 saturated heterocycles. The van der Waals surface area contributed by atoms with Crippen LogP contribution in [-0.4, -0.2) is 31.7 Å². The predicted molar refractivity (Wildman–Crippen MR) is 266 cm³/mol. The van der Waals surface area contributed by atoms with E-state index in [4.69, 9.17) is 14.2 Å². The van der Waals surface area contributed by atoms with Crippen molar-refractivity contribution in [3.05, 3.63) is 71.3 Å². The minimum absolute atomic E-state index is 0.0947. The Balaban J connectivity index is 0.908. The summed E-state index contributed by atoms with van der Waals surface area (Å²) in [5, 5.41) is 2.92. The number of carbonyl (C=O) groups excluding carboxylic acids is 2. The number of hydrogen-bond acceptors (Lipinski definition) is 5. The van der Waals surface area contributed by atoms with E-state index in [1.807, 2.05) is 18.2 Å². The molecule has 1 amide bonds. The molecule has 6 rings (SSSR count). The number of allylic oxidation sites excluding steroid dienone is 1. The highest BCUT2D eigenvalue weighted by molar-refractivity contribution is 6.02. The van der Waals surface area contributed by atoms with Gasteiger partial charge in [-0.25, -0.2) is 4.79 Å². The second-order valence-electron chi connectivity index (χ2n) is 21.6. The quantitative estimate of drug-likeness (QED) is 0.0465. The molecule has 1 N–H and O–H groups in total. The van der Waals surface area contributed by atoms with E-state index < -0.39 is 0 Å². The van der Waals surface area contributed by atoms with Crippen LogP contribution >= 0.6 is 0 Å². The van der Waals surface area contributed by atoms with Crippen LogP contribution in [0, 0.1) is 46.3 Å². The number of hydrogen-bond donors (Lipinski definition) is 1. The van der Waals surface area contributed by atoms with Crippen LogP contribution in [0.4, 0.5) is 5.69 Å². The molecule has 6 nitrogen and oxygen atoms in total. The molecule has 0 radical (unpaired) electrons. The van der Waals surface area contributed by atoms with Gasteiger partial charge < -0.3 is 19.5 Å². The lowest BCUT2D eigenvalue weighted by Crippen LogP contribution is -2.51. The van der Waals surface area contributed by atoms with Crippen molar-refractivity contribution in [2.24, 2.45) is 46.3 Å². The maximum Gasteiger partial charge on any atom is 0.338 e. The Morgan fingerprint density at radius 3 is 2.17 bits per heavy atom. The number of fused-ring (bicyclic) bond motifs is 5. The largest absolute Gasteiger partial charge is 0.493 e. The average molecular weight is 878 g/mol. The second kappa shape index (κ2) is 24.3. The molecule has 0 aliphatic heterocycles. The van der Waals surface area contributed by atoms with Gasteiger partial charge in [-0.3, -0.25) is 4.79 Å². The van der Waals surface area contributed by atoms with E-state index in [1.54, 1.807) is 37.5 Å². The Hall–Kier alpha value is -3.54. The Morgan fingerprint density at radius 2 is 1.48 bits per heavy atom. The van der Waals surface area contributed by atoms with Gasteiger partial charge in [-0.05, 0) is 146 Å². The van der Waals surface area contributed by atoms with Crippen molar-refractivity contribution in [1.29, 1.82) is 0 Å². The van der Waals surface area contributed by atoms with Crippen molar-refractivity contribution in [1.82, 2.24) is 0 Å². The summed E-state index contributed by atoms with van der Waals surface area (Å²) in [6.45, 7) is 15.4. The highest BCUT2D eigenvalue weighted by atomic mass is 16.5. The Labute approximate surface area is 389 Å². The van der Waals surface area contributed by atoms with Gasteiger partial charge in [0.05, 0.1) is 19.3 Å². The van der Waals surface area contributed by atoms with Gasteiger partial charge in [0.1, 0.15) is 6.10 Å². The van der Waals surface area contributed by atoms with Crippen LogP contribution in [0.25, 0.3) is 6.08 Å². The standard InChI is InChI=1S/C58H87NO5/c1-8-9-10-11-12-13-14-15-16-17-18-19-39-63-53-33-23-44(40-54(53)62-7)24-34-55(60)59-47-28-25-45(26-29-47)56(61)64-48-35-37-57(5)46(41-48)27-30-49-51-32-31-50(43(4)22-20-21-42(2)3)58(51,6)38-36-52(49)57/h23-29,33-34,40,42-43,48-52H,8-22,30-32,35-39,41H2,1-7H3,(H,59,60)/b34-24+/t43-,48?,49+,50-,51+,52+,57+,58-/m1/s1. The first-order valence-electron chi connectivity index (χ1n) is 26.3. The van der Waals surface area contributed by atoms with Gasteiger partial charge in [-0.15, -0.1) is 0 Å². The Bertz CT molecular complexity index is 1830. The van der Waals surface area contributed by atoms with Gasteiger partial charge in [0.2, 0.25) is 5.91 Å². The molecule has 1 unspecified atom stereocenters. The number of ether oxygens (including phenoxy) is 3. The summed E-state index contributed by atoms with van der Waals surface area (Å²) < 4.78 is 17.9. The number of unbranched alkanes of at least 4 members (excludes halogenated alkanes) is 11. The van der Waals surface area contributed by atoms with E-state index in [1.165, 1.54) is 134 Å². The van der Waals surface area contributed by atoms with Crippen LogP contribution in [-0.2, 0) is 9.53 Å². The summed E-state index contributed by atoms with van der Waals surface area (Å²) >= 11 is 0. The third-order valence-corrected chi connectivity index (χ3v) is 16.8. The summed E-state index contributed by atoms with van der Waals surface area (Å²) in [6.07, 6.45) is 35.3. The molecule has 4 aliphatic carbocycles. The van der Waals surface area contributed by atoms with Crippen LogP contribution in [0.1, 0.15) is 205 Å². The van der Waals surface area contributed by atoms with Crippen LogP contribution in [0.15, 0.2) is 60.2 Å². The maximum absolute atomic E-state index is 13.4. The minimum atomic E-state index is -0.288. The number of esters is 1. The summed E-state index contributed by atoms with van der Waals surface area (Å²) in [5.74, 6) is 5.73. The highest BCUT2D eigenvalue weighted by Crippen LogP contribution is 2.67. The molecule has 2 aromatic rings. The predicted octanol–water partition coefficient (Wildman–Crippen LogP) is 16.0. The van der Waals surface area contributed by atoms with E-state index in [2.05, 4.69) is 52.9 Å². The molecule has 0 heterocycles. The molecule has 3 saturated carbocycles. The van der Waals surface area contributed by atoms with E-state index in [9.17, 15) is 9.59 Å². The number of anilines is 1. The van der Waals surface area contributed by atoms with E-state index in [0.717, 1.165) is 72.5 Å². The fourth-order valence-electron chi connectivity index (χ4n) is 13.0. The number of amides is 1. The van der Waals surface area contributed by atoms with Crippen molar-refractivity contribution in [3.8, 4) is 11.5 Å². The maximum atomic E-state index is 13.4. The average Bonchev–Trinajstić information content (AvgIpc) is 3.65. The molecule has 8 atom stereocenters. The molecular formula is C58H87NO5. The van der Waals surface area contributed by atoms with Crippen LogP contribution < -0.4 is 14.8 Å². The Kier molecular flexibility index (Phi) is 18.9. The van der Waals surface area contributed by atoms with Crippen molar-refractivity contribution in [2.75, 3.05) is 19.0 Å². The molecule has 0 spiro atoms. The van der Waals surface area contributed by atoms with Crippen molar-refractivity contribution in [2.45, 2.75) is 195 Å². The zero-order valence-corrected chi connectivity index (χ0v) is 41.3. The lowest BCUT2D eigenvalue weighted by Gasteiger charge is -2.58. The lowest BCUT2D eigenvalue weighted by molar-refractivity contribution is -0.111. The smallest absolute Gasteiger partial charge is 0.338 e. The van der Waals surface area contributed by atoms with Gasteiger partial charge in [-0.1, -0.05) is 149 Å². The van der Waals surface area contributed by atoms with E-state index >= 15 is 0 Å². The molecule has 3 fully saturated rings. The molecular weight excluding hydrogens is 791 g/mol. The zero-order valence-electron chi connectivity index (χ0n) is 41.3. The van der Waals surface area contributed by atoms with Gasteiger partial charge >= 0.3 is 5.97 Å². The lowest BCUT2D eigenvalue weighted by atomic mass is 9.47. The van der Waals surface area contributed by atoms with Crippen molar-refractivity contribution < 1.29 is 23.8 Å². The summed E-state index contributed by atoms with van der Waals surface area (Å²) in [7, 11) is 1.64. The first-order chi connectivity index (χ1) is 30.9. The van der Waals surface area contributed by atoms with Gasteiger partial charge in [0.15, 0.2) is 11.5 Å². The first kappa shape index (κ1) is 49.9. The molecule has 0 aromatic heterocycles. The highest BCUT2D eigenvalue weighted by Gasteiger charge is 2.59. The molecule has 2 aromatic carbocycles. The summed E-state index contributed by atoms with van der Waals surface area (Å²) in [6, 6.07) is 12.8. The normalized spacial score (nSPS) is 26.8. The number of methoxy groups -OCH3 is 1. The van der Waals surface area contributed by atoms with Crippen LogP contribution in [0.3, 0.4) is 0 Å². The van der Waals surface area contributed by atoms with E-state index in [-0.39, 0.29) is 23.4 Å². The van der Waals surface area contributed by atoms with Crippen molar-refractivity contribution in [3.63, 3.8) is 0 Å². The van der Waals surface area contributed by atoms with Gasteiger partial charge in [-0.2, -0.15) is 0 Å². The fraction of sp³-hybridized carbons (Fsp3) is 0.690. The third kappa shape index (κ3) is 13.1. The van der Waals surface area contributed by atoms with Crippen LogP contribution in [0.2, 0.25) is 0 Å². The van der Waals surface area contributed by atoms with Crippen LogP contribution in [0.5, 0.6) is 11.5 Å². The molecule has 354 valence electrons. The molecule has 64 heavy (non-hydrogen) atoms. The summed E-state index contributed by atoms with van der Waals surface area (Å²) in [4.78, 5) is 26.3. The fourth-order valence-corrected chi connectivity index (χ4v) is 13.0. The summed E-state index contributed by atoms with van der Waals surface area (Å²) in [5.41, 5.74) is 4.22. The topological polar surface area (TPSA) is 73.9 Å². The second-order valence-corrected chi connectivity index (χ2v) is 21.6. The van der Waals surface area contributed by atoms with Gasteiger partial charge in [0.25, 0.3) is 0 Å². The SMILES string of the molecule is CCCCCCCCCCCCCCOc1ccc(/C=C/C(=O)Nc2ccc(C(=O)OC3CC[C@@]4(C)C(=CC[C@H]5[C@@H]6CC[C@H]([C@H](C)CCCC(C)C)[C@@]6(C)CC[C@@H]54)C3)cc2)cc1OC. The van der Waals surface area contributed by atoms with Gasteiger partial charge in [0, 0.05) is 18.2 Å². The first-order valence-corrected chi connectivity index (χ1v) is 26.3. The monoisotopic (exact) mass is 878 g/mol. The molecule has 4 aliphatic rings. The molecule has 6 heteroatoms. The molecule has 0 bridgehead atoms. The minimum Gasteiger partial charge on any atom is -0.493 e. The zero-order chi connectivity index (χ0) is 45.5. The van der Waals surface area contributed by atoms with Crippen molar-refractivity contribution >= 4 is 23.6 Å². The number of nitrogens with one attached hydrogen (secondary N) is 1. The van der Waals surface area contributed by atoms with E-state index in [0.29, 0.717) is 29.0 Å². The third-order valence-electron chi connectivity index (χ3n) is 16.8. The number of rotatable bonds is 25. The number of benzene rings is 2.